The summed E-state index contributed by atoms with van der Waals surface area (Å²) in [6.07, 6.45) is 2.87. The van der Waals surface area contributed by atoms with Crippen molar-refractivity contribution >= 4 is 17.6 Å². The average molecular weight is 289 g/mol. The maximum atomic E-state index is 13.9. The highest BCUT2D eigenvalue weighted by molar-refractivity contribution is 6.02. The molecular weight excluding hydrogens is 277 g/mol. The highest BCUT2D eigenvalue weighted by atomic mass is 19.1. The van der Waals surface area contributed by atoms with E-state index in [1.165, 1.54) is 17.0 Å². The number of carboxylic acid groups (broad SMARTS) is 1. The van der Waals surface area contributed by atoms with Crippen molar-refractivity contribution in [3.63, 3.8) is 0 Å². The molecule has 0 saturated carbocycles. The Balaban J connectivity index is 1.78. The van der Waals surface area contributed by atoms with Crippen molar-refractivity contribution in [2.75, 3.05) is 11.4 Å². The van der Waals surface area contributed by atoms with Crippen molar-refractivity contribution < 1.29 is 23.8 Å². The Labute approximate surface area is 119 Å². The van der Waals surface area contributed by atoms with Crippen LogP contribution in [0.5, 0.6) is 0 Å². The van der Waals surface area contributed by atoms with E-state index in [0.717, 1.165) is 0 Å². The quantitative estimate of drug-likeness (QED) is 0.831. The van der Waals surface area contributed by atoms with Crippen molar-refractivity contribution in [2.24, 2.45) is 11.8 Å². The van der Waals surface area contributed by atoms with Gasteiger partial charge in [0.15, 0.2) is 0 Å². The summed E-state index contributed by atoms with van der Waals surface area (Å²) in [5.41, 5.74) is -0.775. The zero-order chi connectivity index (χ0) is 14.8. The third-order valence-electron chi connectivity index (χ3n) is 4.53. The number of hydrogen-bond donors (Lipinski definition) is 1. The average Bonchev–Trinajstić information content (AvgIpc) is 3.08. The molecule has 0 radical (unpaired) electrons. The van der Waals surface area contributed by atoms with Gasteiger partial charge in [-0.3, -0.25) is 9.59 Å². The number of anilines is 1. The number of carboxylic acids is 1. The first-order valence-electron chi connectivity index (χ1n) is 6.69. The normalized spacial score (nSPS) is 36.3. The lowest BCUT2D eigenvalue weighted by Crippen LogP contribution is -2.39. The van der Waals surface area contributed by atoms with Crippen LogP contribution in [0.4, 0.5) is 10.1 Å². The van der Waals surface area contributed by atoms with Crippen LogP contribution in [0.25, 0.3) is 0 Å². The Kier molecular flexibility index (Phi) is 2.34. The van der Waals surface area contributed by atoms with Crippen LogP contribution in [0.1, 0.15) is 0 Å². The molecule has 0 aliphatic carbocycles. The number of para-hydroxylation sites is 1. The van der Waals surface area contributed by atoms with Crippen molar-refractivity contribution in [3.8, 4) is 0 Å². The smallest absolute Gasteiger partial charge is 0.310 e. The molecule has 1 spiro atoms. The summed E-state index contributed by atoms with van der Waals surface area (Å²) in [4.78, 5) is 25.3. The summed E-state index contributed by atoms with van der Waals surface area (Å²) in [5.74, 6) is -3.64. The minimum Gasteiger partial charge on any atom is -0.481 e. The molecule has 3 heterocycles. The number of carbonyl (C=O) groups is 2. The number of aliphatic carboxylic acids is 1. The van der Waals surface area contributed by atoms with Crippen molar-refractivity contribution in [1.82, 2.24) is 0 Å². The minimum atomic E-state index is -1.06. The minimum absolute atomic E-state index is 0.147. The van der Waals surface area contributed by atoms with Crippen LogP contribution in [-0.4, -0.2) is 35.2 Å². The van der Waals surface area contributed by atoms with E-state index < -0.39 is 35.3 Å². The lowest BCUT2D eigenvalue weighted by molar-refractivity contribution is -0.146. The zero-order valence-corrected chi connectivity index (χ0v) is 10.9. The van der Waals surface area contributed by atoms with Gasteiger partial charge in [-0.05, 0) is 12.1 Å². The number of benzene rings is 1. The second-order valence-corrected chi connectivity index (χ2v) is 5.61. The van der Waals surface area contributed by atoms with E-state index >= 15 is 0 Å². The van der Waals surface area contributed by atoms with Gasteiger partial charge in [0.05, 0.1) is 24.3 Å². The van der Waals surface area contributed by atoms with Crippen molar-refractivity contribution in [2.45, 2.75) is 11.7 Å². The van der Waals surface area contributed by atoms with Gasteiger partial charge < -0.3 is 14.7 Å². The molecule has 0 aromatic heterocycles. The fraction of sp³-hybridized carbons (Fsp3) is 0.333. The van der Waals surface area contributed by atoms with Gasteiger partial charge in [0.2, 0.25) is 5.91 Å². The van der Waals surface area contributed by atoms with Crippen molar-refractivity contribution in [3.05, 3.63) is 42.2 Å². The zero-order valence-electron chi connectivity index (χ0n) is 10.9. The second-order valence-electron chi connectivity index (χ2n) is 5.61. The van der Waals surface area contributed by atoms with E-state index in [2.05, 4.69) is 0 Å². The molecule has 1 aromatic carbocycles. The maximum Gasteiger partial charge on any atom is 0.310 e. The van der Waals surface area contributed by atoms with Gasteiger partial charge in [0.1, 0.15) is 17.3 Å². The first-order valence-corrected chi connectivity index (χ1v) is 6.69. The molecule has 2 bridgehead atoms. The molecule has 5 nitrogen and oxygen atoms in total. The molecule has 21 heavy (non-hydrogen) atoms. The summed E-state index contributed by atoms with van der Waals surface area (Å²) in [5, 5.41) is 9.35. The molecule has 0 unspecified atom stereocenters. The van der Waals surface area contributed by atoms with Crippen LogP contribution in [0.15, 0.2) is 36.4 Å². The first-order chi connectivity index (χ1) is 10.0. The van der Waals surface area contributed by atoms with Gasteiger partial charge >= 0.3 is 5.97 Å². The van der Waals surface area contributed by atoms with Gasteiger partial charge in [0.25, 0.3) is 0 Å². The standard InChI is InChI=1S/C15H12FNO4/c16-8-3-1-2-4-9(8)17-7-15-6-5-10(21-15)11(14(19)20)12(15)13(17)18/h1-6,10-12H,7H2,(H,19,20)/t10-,11-,12-,15+/m1/s1. The number of carbonyl (C=O) groups excluding carboxylic acids is 1. The summed E-state index contributed by atoms with van der Waals surface area (Å²) in [7, 11) is 0. The number of ether oxygens (including phenoxy) is 1. The molecule has 1 N–H and O–H groups in total. The molecule has 2 saturated heterocycles. The predicted octanol–water partition coefficient (Wildman–Crippen LogP) is 1.20. The number of hydrogen-bond acceptors (Lipinski definition) is 3. The summed E-state index contributed by atoms with van der Waals surface area (Å²) in [6.45, 7) is 0.147. The van der Waals surface area contributed by atoms with E-state index in [1.54, 1.807) is 24.3 Å². The van der Waals surface area contributed by atoms with Crippen LogP contribution in [0.3, 0.4) is 0 Å². The lowest BCUT2D eigenvalue weighted by atomic mass is 9.77. The van der Waals surface area contributed by atoms with E-state index in [-0.39, 0.29) is 18.1 Å². The van der Waals surface area contributed by atoms with Crippen molar-refractivity contribution in [1.29, 1.82) is 0 Å². The van der Waals surface area contributed by atoms with Crippen LogP contribution in [0, 0.1) is 17.7 Å². The fourth-order valence-corrected chi connectivity index (χ4v) is 3.65. The lowest BCUT2D eigenvalue weighted by Gasteiger charge is -2.21. The van der Waals surface area contributed by atoms with Crippen LogP contribution in [0.2, 0.25) is 0 Å². The van der Waals surface area contributed by atoms with Gasteiger partial charge in [-0.1, -0.05) is 24.3 Å². The second kappa shape index (κ2) is 3.92. The highest BCUT2D eigenvalue weighted by Gasteiger charge is 2.67. The predicted molar refractivity (Wildman–Crippen MR) is 70.1 cm³/mol. The Morgan fingerprint density at radius 3 is 2.90 bits per heavy atom. The summed E-state index contributed by atoms with van der Waals surface area (Å²) in [6, 6.07) is 5.97. The molecule has 4 rings (SSSR count). The third kappa shape index (κ3) is 1.48. The molecule has 1 amide bonds. The van der Waals surface area contributed by atoms with Gasteiger partial charge in [-0.15, -0.1) is 0 Å². The van der Waals surface area contributed by atoms with Crippen LogP contribution >= 0.6 is 0 Å². The van der Waals surface area contributed by atoms with Gasteiger partial charge in [0, 0.05) is 0 Å². The first kappa shape index (κ1) is 12.5. The highest BCUT2D eigenvalue weighted by Crippen LogP contribution is 2.52. The van der Waals surface area contributed by atoms with E-state index in [0.29, 0.717) is 0 Å². The molecular formula is C15H12FNO4. The molecule has 4 atom stereocenters. The topological polar surface area (TPSA) is 66.8 Å². The summed E-state index contributed by atoms with van der Waals surface area (Å²) >= 11 is 0. The molecule has 3 aliphatic rings. The Bertz CT molecular complexity index is 688. The number of fused-ring (bicyclic) bond motifs is 1. The SMILES string of the molecule is O=C(O)[C@@H]1[C@H]2C=C[C@@]3(CN(c4ccccc4F)C(=O)[C@@H]13)O2. The van der Waals surface area contributed by atoms with Crippen LogP contribution in [-0.2, 0) is 14.3 Å². The number of nitrogens with zero attached hydrogens (tertiary/aromatic N) is 1. The number of rotatable bonds is 2. The van der Waals surface area contributed by atoms with E-state index in [9.17, 15) is 19.1 Å². The molecule has 1 aromatic rings. The maximum absolute atomic E-state index is 13.9. The van der Waals surface area contributed by atoms with Crippen LogP contribution < -0.4 is 4.90 Å². The number of amides is 1. The molecule has 108 valence electrons. The monoisotopic (exact) mass is 289 g/mol. The molecule has 2 fully saturated rings. The third-order valence-corrected chi connectivity index (χ3v) is 4.53. The summed E-state index contributed by atoms with van der Waals surface area (Å²) < 4.78 is 19.7. The van der Waals surface area contributed by atoms with E-state index in [1.807, 2.05) is 0 Å². The van der Waals surface area contributed by atoms with Gasteiger partial charge in [-0.25, -0.2) is 4.39 Å². The van der Waals surface area contributed by atoms with E-state index in [4.69, 9.17) is 4.74 Å². The Hall–Kier alpha value is -2.21. The van der Waals surface area contributed by atoms with Gasteiger partial charge in [-0.2, -0.15) is 0 Å². The molecule has 6 heteroatoms. The largest absolute Gasteiger partial charge is 0.481 e. The number of halogens is 1. The fourth-order valence-electron chi connectivity index (χ4n) is 3.65. The Morgan fingerprint density at radius 1 is 1.43 bits per heavy atom. The Morgan fingerprint density at radius 2 is 2.19 bits per heavy atom. The molecule has 3 aliphatic heterocycles.